The molecule has 2 aliphatic rings. The summed E-state index contributed by atoms with van der Waals surface area (Å²) in [7, 11) is 2.18. The van der Waals surface area contributed by atoms with Crippen LogP contribution in [0.2, 0.25) is 0 Å². The number of guanidine groups is 1. The van der Waals surface area contributed by atoms with Crippen LogP contribution in [0.1, 0.15) is 19.8 Å². The Morgan fingerprint density at radius 1 is 1.69 bits per heavy atom. The van der Waals surface area contributed by atoms with E-state index in [1.807, 2.05) is 0 Å². The standard InChI is InChI=1S/C9H18N4/c1-7-5-9(3-4-13(7)2)6-11-8(10)12-9/h7H,3-6H2,1-2H3,(H3,10,11,12). The van der Waals surface area contributed by atoms with Crippen molar-refractivity contribution in [2.75, 3.05) is 20.1 Å². The van der Waals surface area contributed by atoms with Crippen LogP contribution in [0.4, 0.5) is 0 Å². The van der Waals surface area contributed by atoms with Crippen molar-refractivity contribution < 1.29 is 0 Å². The lowest BCUT2D eigenvalue weighted by Gasteiger charge is -2.41. The van der Waals surface area contributed by atoms with Gasteiger partial charge >= 0.3 is 0 Å². The maximum atomic E-state index is 5.65. The first kappa shape index (κ1) is 8.81. The summed E-state index contributed by atoms with van der Waals surface area (Å²) in [5, 5.41) is 3.32. The number of nitrogens with two attached hydrogens (primary N) is 1. The van der Waals surface area contributed by atoms with E-state index >= 15 is 0 Å². The van der Waals surface area contributed by atoms with E-state index in [-0.39, 0.29) is 5.54 Å². The van der Waals surface area contributed by atoms with Crippen molar-refractivity contribution in [3.63, 3.8) is 0 Å². The zero-order valence-electron chi connectivity index (χ0n) is 8.38. The Hall–Kier alpha value is -0.770. The molecule has 0 aromatic heterocycles. The van der Waals surface area contributed by atoms with Gasteiger partial charge in [-0.25, -0.2) is 0 Å². The van der Waals surface area contributed by atoms with Crippen LogP contribution >= 0.6 is 0 Å². The Labute approximate surface area is 79.2 Å². The molecule has 0 radical (unpaired) electrons. The SMILES string of the molecule is CC1CC2(CCN1C)CN=C(N)N2. The highest BCUT2D eigenvalue weighted by atomic mass is 15.2. The second-order valence-electron chi connectivity index (χ2n) is 4.39. The molecule has 0 bridgehead atoms. The summed E-state index contributed by atoms with van der Waals surface area (Å²) in [6, 6.07) is 0.627. The first-order valence-corrected chi connectivity index (χ1v) is 4.90. The molecule has 1 spiro atoms. The second-order valence-corrected chi connectivity index (χ2v) is 4.39. The summed E-state index contributed by atoms with van der Waals surface area (Å²) in [6.07, 6.45) is 2.30. The predicted molar refractivity (Wildman–Crippen MR) is 53.7 cm³/mol. The number of piperidine rings is 1. The largest absolute Gasteiger partial charge is 0.370 e. The topological polar surface area (TPSA) is 53.6 Å². The first-order valence-electron chi connectivity index (χ1n) is 4.90. The van der Waals surface area contributed by atoms with Gasteiger partial charge in [-0.15, -0.1) is 0 Å². The quantitative estimate of drug-likeness (QED) is 0.543. The van der Waals surface area contributed by atoms with Gasteiger partial charge in [0.05, 0.1) is 12.1 Å². The molecule has 1 fully saturated rings. The molecular formula is C9H18N4. The van der Waals surface area contributed by atoms with Crippen LogP contribution < -0.4 is 11.1 Å². The minimum atomic E-state index is 0.177. The maximum Gasteiger partial charge on any atom is 0.189 e. The zero-order valence-corrected chi connectivity index (χ0v) is 8.38. The van der Waals surface area contributed by atoms with Gasteiger partial charge in [0.2, 0.25) is 0 Å². The van der Waals surface area contributed by atoms with Gasteiger partial charge in [-0.1, -0.05) is 0 Å². The van der Waals surface area contributed by atoms with E-state index in [0.717, 1.165) is 25.9 Å². The molecule has 3 N–H and O–H groups in total. The molecule has 0 aliphatic carbocycles. The van der Waals surface area contributed by atoms with Gasteiger partial charge < -0.3 is 16.0 Å². The summed E-state index contributed by atoms with van der Waals surface area (Å²) in [5.74, 6) is 0.622. The molecule has 0 aromatic rings. The van der Waals surface area contributed by atoms with Gasteiger partial charge in [-0.05, 0) is 26.8 Å². The van der Waals surface area contributed by atoms with Crippen LogP contribution in [0.3, 0.4) is 0 Å². The number of rotatable bonds is 0. The molecule has 4 heteroatoms. The zero-order chi connectivity index (χ0) is 9.47. The van der Waals surface area contributed by atoms with Crippen molar-refractivity contribution in [1.29, 1.82) is 0 Å². The van der Waals surface area contributed by atoms with Gasteiger partial charge in [0.15, 0.2) is 5.96 Å². The van der Waals surface area contributed by atoms with Crippen LogP contribution in [-0.4, -0.2) is 42.6 Å². The van der Waals surface area contributed by atoms with E-state index in [2.05, 4.69) is 29.2 Å². The number of hydrogen-bond acceptors (Lipinski definition) is 4. The monoisotopic (exact) mass is 182 g/mol. The summed E-state index contributed by atoms with van der Waals surface area (Å²) >= 11 is 0. The smallest absolute Gasteiger partial charge is 0.189 e. The Kier molecular flexibility index (Phi) is 1.95. The molecule has 2 unspecified atom stereocenters. The number of nitrogens with zero attached hydrogens (tertiary/aromatic N) is 2. The van der Waals surface area contributed by atoms with Crippen molar-refractivity contribution in [3.8, 4) is 0 Å². The molecule has 2 aliphatic heterocycles. The average molecular weight is 182 g/mol. The molecule has 74 valence electrons. The maximum absolute atomic E-state index is 5.65. The third kappa shape index (κ3) is 1.50. The highest BCUT2D eigenvalue weighted by Crippen LogP contribution is 2.28. The van der Waals surface area contributed by atoms with Gasteiger partial charge in [-0.3, -0.25) is 4.99 Å². The summed E-state index contributed by atoms with van der Waals surface area (Å²) in [5.41, 5.74) is 5.82. The highest BCUT2D eigenvalue weighted by molar-refractivity contribution is 5.80. The third-order valence-corrected chi connectivity index (χ3v) is 3.33. The lowest BCUT2D eigenvalue weighted by atomic mass is 9.84. The molecule has 2 heterocycles. The van der Waals surface area contributed by atoms with Gasteiger partial charge in [0.1, 0.15) is 0 Å². The molecule has 2 rings (SSSR count). The first-order chi connectivity index (χ1) is 6.11. The van der Waals surface area contributed by atoms with E-state index in [1.165, 1.54) is 0 Å². The minimum absolute atomic E-state index is 0.177. The Morgan fingerprint density at radius 2 is 2.46 bits per heavy atom. The van der Waals surface area contributed by atoms with Gasteiger partial charge in [-0.2, -0.15) is 0 Å². The predicted octanol–water partition coefficient (Wildman–Crippen LogP) is -0.243. The molecule has 13 heavy (non-hydrogen) atoms. The van der Waals surface area contributed by atoms with Crippen molar-refractivity contribution in [1.82, 2.24) is 10.2 Å². The van der Waals surface area contributed by atoms with Crippen molar-refractivity contribution in [2.24, 2.45) is 10.7 Å². The van der Waals surface area contributed by atoms with E-state index in [4.69, 9.17) is 5.73 Å². The molecule has 0 amide bonds. The van der Waals surface area contributed by atoms with Crippen LogP contribution in [0.25, 0.3) is 0 Å². The van der Waals surface area contributed by atoms with Crippen LogP contribution in [0.15, 0.2) is 4.99 Å². The van der Waals surface area contributed by atoms with Crippen molar-refractivity contribution >= 4 is 5.96 Å². The Balaban J connectivity index is 2.03. The molecule has 0 saturated carbocycles. The van der Waals surface area contributed by atoms with Crippen LogP contribution in [0.5, 0.6) is 0 Å². The fourth-order valence-corrected chi connectivity index (χ4v) is 2.28. The number of likely N-dealkylation sites (tertiary alicyclic amines) is 1. The average Bonchev–Trinajstić information content (AvgIpc) is 2.42. The molecular weight excluding hydrogens is 164 g/mol. The van der Waals surface area contributed by atoms with Crippen LogP contribution in [0, 0.1) is 0 Å². The Morgan fingerprint density at radius 3 is 3.00 bits per heavy atom. The molecule has 1 saturated heterocycles. The minimum Gasteiger partial charge on any atom is -0.370 e. The lowest BCUT2D eigenvalue weighted by molar-refractivity contribution is 0.130. The molecule has 2 atom stereocenters. The molecule has 0 aromatic carbocycles. The van der Waals surface area contributed by atoms with E-state index in [0.29, 0.717) is 12.0 Å². The fraction of sp³-hybridized carbons (Fsp3) is 0.889. The Bertz CT molecular complexity index is 238. The van der Waals surface area contributed by atoms with E-state index in [9.17, 15) is 0 Å². The fourth-order valence-electron chi connectivity index (χ4n) is 2.28. The van der Waals surface area contributed by atoms with Gasteiger partial charge in [0.25, 0.3) is 0 Å². The summed E-state index contributed by atoms with van der Waals surface area (Å²) < 4.78 is 0. The number of hydrogen-bond donors (Lipinski definition) is 2. The second kappa shape index (κ2) is 2.87. The summed E-state index contributed by atoms with van der Waals surface area (Å²) in [6.45, 7) is 4.26. The summed E-state index contributed by atoms with van der Waals surface area (Å²) in [4.78, 5) is 6.63. The number of aliphatic imine (C=N–C) groups is 1. The third-order valence-electron chi connectivity index (χ3n) is 3.33. The normalized spacial score (nSPS) is 40.5. The van der Waals surface area contributed by atoms with Crippen LogP contribution in [-0.2, 0) is 0 Å². The molecule has 4 nitrogen and oxygen atoms in total. The van der Waals surface area contributed by atoms with Crippen molar-refractivity contribution in [3.05, 3.63) is 0 Å². The van der Waals surface area contributed by atoms with E-state index in [1.54, 1.807) is 0 Å². The van der Waals surface area contributed by atoms with Crippen molar-refractivity contribution in [2.45, 2.75) is 31.3 Å². The lowest BCUT2D eigenvalue weighted by Crippen LogP contribution is -2.56. The van der Waals surface area contributed by atoms with E-state index < -0.39 is 0 Å². The van der Waals surface area contributed by atoms with Gasteiger partial charge in [0, 0.05) is 12.6 Å². The highest BCUT2D eigenvalue weighted by Gasteiger charge is 2.39. The number of nitrogens with one attached hydrogen (secondary N) is 1.